The van der Waals surface area contributed by atoms with Crippen molar-refractivity contribution in [3.63, 3.8) is 0 Å². The molecule has 0 bridgehead atoms. The van der Waals surface area contributed by atoms with Crippen LogP contribution >= 0.6 is 0 Å². The Hall–Kier alpha value is -2.93. The summed E-state index contributed by atoms with van der Waals surface area (Å²) in [4.78, 5) is 42.2. The Morgan fingerprint density at radius 2 is 2.00 bits per heavy atom. The molecular formula is C22H26N4O3. The number of pyridine rings is 1. The molecule has 3 N–H and O–H groups in total. The molecule has 1 fully saturated rings. The van der Waals surface area contributed by atoms with Crippen molar-refractivity contribution < 1.29 is 9.59 Å². The van der Waals surface area contributed by atoms with Gasteiger partial charge in [-0.05, 0) is 29.5 Å². The molecule has 1 saturated heterocycles. The van der Waals surface area contributed by atoms with Crippen LogP contribution in [0.25, 0.3) is 0 Å². The number of H-pyrrole nitrogens is 1. The van der Waals surface area contributed by atoms with Crippen LogP contribution in [0.2, 0.25) is 0 Å². The third-order valence-electron chi connectivity index (χ3n) is 5.56. The van der Waals surface area contributed by atoms with Crippen LogP contribution in [0.4, 0.5) is 11.4 Å². The normalized spacial score (nSPS) is 23.5. The SMILES string of the molecule is CC(C)(C)CN1C(=O)C2(CNC(C(=O)Nc3cc[nH]c(=O)c3)C2)c2ccccc21. The van der Waals surface area contributed by atoms with E-state index in [9.17, 15) is 14.4 Å². The molecule has 4 rings (SSSR count). The Balaban J connectivity index is 1.59. The van der Waals surface area contributed by atoms with Gasteiger partial charge in [-0.25, -0.2) is 0 Å². The predicted molar refractivity (Wildman–Crippen MR) is 112 cm³/mol. The molecular weight excluding hydrogens is 368 g/mol. The number of benzene rings is 1. The first-order valence-corrected chi connectivity index (χ1v) is 9.84. The summed E-state index contributed by atoms with van der Waals surface area (Å²) in [5.74, 6) is -0.195. The maximum absolute atomic E-state index is 13.5. The van der Waals surface area contributed by atoms with Crippen LogP contribution in [-0.2, 0) is 15.0 Å². The van der Waals surface area contributed by atoms with Crippen molar-refractivity contribution in [2.24, 2.45) is 5.41 Å². The molecule has 0 saturated carbocycles. The Morgan fingerprint density at radius 3 is 2.72 bits per heavy atom. The Labute approximate surface area is 169 Å². The van der Waals surface area contributed by atoms with Gasteiger partial charge in [-0.3, -0.25) is 14.4 Å². The second-order valence-corrected chi connectivity index (χ2v) is 9.12. The van der Waals surface area contributed by atoms with Crippen LogP contribution < -0.4 is 21.1 Å². The van der Waals surface area contributed by atoms with Gasteiger partial charge in [-0.15, -0.1) is 0 Å². The van der Waals surface area contributed by atoms with Crippen molar-refractivity contribution in [1.29, 1.82) is 0 Å². The fourth-order valence-electron chi connectivity index (χ4n) is 4.32. The van der Waals surface area contributed by atoms with Crippen molar-refractivity contribution in [1.82, 2.24) is 10.3 Å². The second-order valence-electron chi connectivity index (χ2n) is 9.12. The molecule has 7 heteroatoms. The average Bonchev–Trinajstić information content (AvgIpc) is 3.19. The van der Waals surface area contributed by atoms with E-state index in [-0.39, 0.29) is 22.8 Å². The average molecular weight is 394 g/mol. The van der Waals surface area contributed by atoms with Gasteiger partial charge in [-0.1, -0.05) is 39.0 Å². The molecule has 7 nitrogen and oxygen atoms in total. The molecule has 3 heterocycles. The van der Waals surface area contributed by atoms with Crippen molar-refractivity contribution in [2.75, 3.05) is 23.3 Å². The lowest BCUT2D eigenvalue weighted by Gasteiger charge is -2.29. The van der Waals surface area contributed by atoms with E-state index in [1.54, 1.807) is 6.07 Å². The van der Waals surface area contributed by atoms with Crippen molar-refractivity contribution in [3.05, 3.63) is 58.5 Å². The minimum Gasteiger partial charge on any atom is -0.329 e. The largest absolute Gasteiger partial charge is 0.329 e. The van der Waals surface area contributed by atoms with Gasteiger partial charge in [0.2, 0.25) is 17.4 Å². The Bertz CT molecular complexity index is 1020. The van der Waals surface area contributed by atoms with Crippen LogP contribution in [0, 0.1) is 5.41 Å². The van der Waals surface area contributed by atoms with Crippen molar-refractivity contribution in [2.45, 2.75) is 38.6 Å². The molecule has 0 aliphatic carbocycles. The van der Waals surface area contributed by atoms with Crippen molar-refractivity contribution >= 4 is 23.2 Å². The van der Waals surface area contributed by atoms with Crippen molar-refractivity contribution in [3.8, 4) is 0 Å². The number of fused-ring (bicyclic) bond motifs is 2. The summed E-state index contributed by atoms with van der Waals surface area (Å²) in [5.41, 5.74) is 1.29. The Morgan fingerprint density at radius 1 is 1.24 bits per heavy atom. The number of aromatic amines is 1. The van der Waals surface area contributed by atoms with E-state index in [1.807, 2.05) is 29.2 Å². The molecule has 1 spiro atoms. The van der Waals surface area contributed by atoms with Gasteiger partial charge < -0.3 is 20.5 Å². The molecule has 29 heavy (non-hydrogen) atoms. The predicted octanol–water partition coefficient (Wildman–Crippen LogP) is 2.01. The lowest BCUT2D eigenvalue weighted by atomic mass is 9.79. The van der Waals surface area contributed by atoms with Gasteiger partial charge >= 0.3 is 0 Å². The number of anilines is 2. The van der Waals surface area contributed by atoms with Crippen LogP contribution in [0.5, 0.6) is 0 Å². The number of rotatable bonds is 3. The molecule has 2 aliphatic rings. The number of para-hydroxylation sites is 1. The molecule has 2 unspecified atom stereocenters. The summed E-state index contributed by atoms with van der Waals surface area (Å²) in [6, 6.07) is 10.3. The van der Waals surface area contributed by atoms with Crippen LogP contribution in [0.3, 0.4) is 0 Å². The summed E-state index contributed by atoms with van der Waals surface area (Å²) >= 11 is 0. The standard InChI is InChI=1S/C22H26N4O3/c1-21(2,3)13-26-17-7-5-4-6-15(17)22(20(26)29)11-16(24-12-22)19(28)25-14-8-9-23-18(27)10-14/h4-10,16,24H,11-13H2,1-3H3,(H2,23,25,27,28). The van der Waals surface area contributed by atoms with Gasteiger partial charge in [0.25, 0.3) is 0 Å². The van der Waals surface area contributed by atoms with Crippen LogP contribution in [0.1, 0.15) is 32.8 Å². The van der Waals surface area contributed by atoms with Gasteiger partial charge in [0, 0.05) is 36.7 Å². The number of aromatic nitrogens is 1. The highest BCUT2D eigenvalue weighted by molar-refractivity contribution is 6.09. The molecule has 2 amide bonds. The van der Waals surface area contributed by atoms with Gasteiger partial charge in [0.15, 0.2) is 0 Å². The van der Waals surface area contributed by atoms with E-state index < -0.39 is 11.5 Å². The minimum atomic E-state index is -0.738. The third-order valence-corrected chi connectivity index (χ3v) is 5.56. The highest BCUT2D eigenvalue weighted by Crippen LogP contribution is 2.47. The van der Waals surface area contributed by atoms with E-state index in [0.29, 0.717) is 25.2 Å². The fourth-order valence-corrected chi connectivity index (χ4v) is 4.32. The number of carbonyl (C=O) groups excluding carboxylic acids is 2. The second kappa shape index (κ2) is 6.84. The maximum Gasteiger partial charge on any atom is 0.249 e. The first-order chi connectivity index (χ1) is 13.7. The zero-order valence-electron chi connectivity index (χ0n) is 16.9. The minimum absolute atomic E-state index is 0.0442. The lowest BCUT2D eigenvalue weighted by molar-refractivity contribution is -0.123. The van der Waals surface area contributed by atoms with E-state index in [2.05, 4.69) is 36.4 Å². The number of hydrogen-bond donors (Lipinski definition) is 3. The van der Waals surface area contributed by atoms with Crippen LogP contribution in [0.15, 0.2) is 47.4 Å². The first-order valence-electron chi connectivity index (χ1n) is 9.84. The van der Waals surface area contributed by atoms with Gasteiger partial charge in [0.1, 0.15) is 0 Å². The highest BCUT2D eigenvalue weighted by Gasteiger charge is 2.56. The summed E-state index contributed by atoms with van der Waals surface area (Å²) in [5, 5.41) is 6.01. The van der Waals surface area contributed by atoms with E-state index in [0.717, 1.165) is 11.3 Å². The number of amides is 2. The van der Waals surface area contributed by atoms with E-state index >= 15 is 0 Å². The molecule has 0 radical (unpaired) electrons. The molecule has 152 valence electrons. The zero-order chi connectivity index (χ0) is 20.8. The molecule has 2 aromatic rings. The van der Waals surface area contributed by atoms with Crippen LogP contribution in [-0.4, -0.2) is 35.9 Å². The third kappa shape index (κ3) is 3.46. The summed E-state index contributed by atoms with van der Waals surface area (Å²) in [6.45, 7) is 7.36. The fraction of sp³-hybridized carbons (Fsp3) is 0.409. The Kier molecular flexibility index (Phi) is 4.58. The van der Waals surface area contributed by atoms with Gasteiger partial charge in [0.05, 0.1) is 11.5 Å². The highest BCUT2D eigenvalue weighted by atomic mass is 16.2. The smallest absolute Gasteiger partial charge is 0.249 e. The summed E-state index contributed by atoms with van der Waals surface area (Å²) < 4.78 is 0. The lowest BCUT2D eigenvalue weighted by Crippen LogP contribution is -2.44. The molecule has 1 aromatic heterocycles. The van der Waals surface area contributed by atoms with E-state index in [1.165, 1.54) is 12.3 Å². The molecule has 1 aromatic carbocycles. The topological polar surface area (TPSA) is 94.3 Å². The summed E-state index contributed by atoms with van der Waals surface area (Å²) in [7, 11) is 0. The number of nitrogens with one attached hydrogen (secondary N) is 3. The quantitative estimate of drug-likeness (QED) is 0.742. The maximum atomic E-state index is 13.5. The first kappa shape index (κ1) is 19.4. The molecule has 2 atom stereocenters. The van der Waals surface area contributed by atoms with Gasteiger partial charge in [-0.2, -0.15) is 0 Å². The summed E-state index contributed by atoms with van der Waals surface area (Å²) in [6.07, 6.45) is 1.88. The number of nitrogens with zero attached hydrogens (tertiary/aromatic N) is 1. The number of hydrogen-bond acceptors (Lipinski definition) is 4. The zero-order valence-corrected chi connectivity index (χ0v) is 16.9. The molecule has 2 aliphatic heterocycles. The van der Waals surface area contributed by atoms with E-state index in [4.69, 9.17) is 0 Å². The monoisotopic (exact) mass is 394 g/mol. The number of carbonyl (C=O) groups is 2.